The van der Waals surface area contributed by atoms with Crippen molar-refractivity contribution in [2.75, 3.05) is 27.7 Å². The van der Waals surface area contributed by atoms with Crippen LogP contribution in [0.1, 0.15) is 19.3 Å². The van der Waals surface area contributed by atoms with Gasteiger partial charge in [-0.1, -0.05) is 0 Å². The van der Waals surface area contributed by atoms with Crippen LogP contribution < -0.4 is 5.11 Å². The van der Waals surface area contributed by atoms with Crippen molar-refractivity contribution in [1.82, 2.24) is 0 Å². The van der Waals surface area contributed by atoms with E-state index in [1.807, 2.05) is 21.1 Å². The van der Waals surface area contributed by atoms with Gasteiger partial charge < -0.3 is 39.9 Å². The number of likely N-dealkylation sites (N-methyl/N-ethyl adjacent to an activating group) is 1. The molecule has 0 amide bonds. The number of aliphatic hydroxyl groups excluding tert-OH is 1. The fourth-order valence-electron chi connectivity index (χ4n) is 1.60. The quantitative estimate of drug-likeness (QED) is 0.189. The van der Waals surface area contributed by atoms with Gasteiger partial charge in [0.25, 0.3) is 0 Å². The summed E-state index contributed by atoms with van der Waals surface area (Å²) in [4.78, 5) is 40.5. The number of carbonyl (C=O) groups is 4. The van der Waals surface area contributed by atoms with E-state index in [1.54, 1.807) is 0 Å². The molecule has 142 valence electrons. The van der Waals surface area contributed by atoms with E-state index < -0.39 is 48.4 Å². The van der Waals surface area contributed by atoms with E-state index in [9.17, 15) is 24.3 Å². The third-order valence-electron chi connectivity index (χ3n) is 2.45. The number of hydrogen-bond acceptors (Lipinski definition) is 7. The van der Waals surface area contributed by atoms with Gasteiger partial charge in [0.15, 0.2) is 5.60 Å². The van der Waals surface area contributed by atoms with E-state index in [4.69, 9.17) is 25.5 Å². The number of nitrogens with zero attached hydrogens (tertiary/aromatic N) is 1. The first-order valence-electron chi connectivity index (χ1n) is 6.67. The summed E-state index contributed by atoms with van der Waals surface area (Å²) >= 11 is 0. The molecule has 0 aromatic rings. The predicted molar refractivity (Wildman–Crippen MR) is 75.6 cm³/mol. The molecule has 0 aromatic carbocycles. The van der Waals surface area contributed by atoms with Crippen LogP contribution in [-0.2, 0) is 38.7 Å². The topological polar surface area (TPSA) is 192 Å². The minimum Gasteiger partial charge on any atom is -0.550 e. The number of carboxylic acid groups (broad SMARTS) is 4. The van der Waals surface area contributed by atoms with Gasteiger partial charge in [0, 0.05) is 31.9 Å². The number of carboxylic acids is 4. The van der Waals surface area contributed by atoms with E-state index in [0.29, 0.717) is 11.0 Å². The Bertz CT molecular complexity index is 458. The molecule has 0 radical (unpaired) electrons. The molecule has 0 aliphatic carbocycles. The van der Waals surface area contributed by atoms with Crippen LogP contribution in [0, 0.1) is 0 Å². The van der Waals surface area contributed by atoms with E-state index in [0.717, 1.165) is 0 Å². The van der Waals surface area contributed by atoms with Crippen LogP contribution in [0.4, 0.5) is 0 Å². The molecule has 0 saturated carbocycles. The van der Waals surface area contributed by atoms with Crippen molar-refractivity contribution in [3.05, 3.63) is 0 Å². The van der Waals surface area contributed by atoms with Crippen molar-refractivity contribution in [2.45, 2.75) is 31.0 Å². The summed E-state index contributed by atoms with van der Waals surface area (Å²) in [6, 6.07) is 0. The first kappa shape index (κ1) is 28.2. The largest absolute Gasteiger partial charge is 0.550 e. The van der Waals surface area contributed by atoms with Gasteiger partial charge in [0.2, 0.25) is 0 Å². The Hall–Kier alpha value is -1.62. The van der Waals surface area contributed by atoms with E-state index in [1.165, 1.54) is 0 Å². The van der Waals surface area contributed by atoms with Gasteiger partial charge >= 0.3 is 17.9 Å². The third-order valence-corrected chi connectivity index (χ3v) is 2.45. The Labute approximate surface area is 156 Å². The van der Waals surface area contributed by atoms with Crippen LogP contribution in [-0.4, -0.2) is 93.3 Å². The molecule has 0 bridgehead atoms. The van der Waals surface area contributed by atoms with Gasteiger partial charge in [-0.05, 0) is 0 Å². The van der Waals surface area contributed by atoms with Crippen molar-refractivity contribution < 1.29 is 73.8 Å². The molecule has 0 rings (SSSR count). The maximum Gasteiger partial charge on any atom is 0.336 e. The fraction of sp³-hybridized carbons (Fsp3) is 0.692. The average molecular weight is 419 g/mol. The van der Waals surface area contributed by atoms with Gasteiger partial charge in [0.05, 0.1) is 34.0 Å². The summed E-state index contributed by atoms with van der Waals surface area (Å²) < 4.78 is 0.550. The number of quaternary nitrogens is 1. The molecule has 0 saturated heterocycles. The third kappa shape index (κ3) is 17.0. The zero-order valence-electron chi connectivity index (χ0n) is 14.3. The summed E-state index contributed by atoms with van der Waals surface area (Å²) in [7, 11) is 5.66. The second-order valence-electron chi connectivity index (χ2n) is 6.18. The number of aliphatic carboxylic acids is 4. The predicted octanol–water partition coefficient (Wildman–Crippen LogP) is -3.06. The maximum absolute atomic E-state index is 10.3. The van der Waals surface area contributed by atoms with Gasteiger partial charge in [-0.2, -0.15) is 0 Å². The Morgan fingerprint density at radius 1 is 1.00 bits per heavy atom. The normalized spacial score (nSPS) is 12.0. The molecule has 5 N–H and O–H groups in total. The first-order valence-corrected chi connectivity index (χ1v) is 6.67. The molecule has 0 spiro atoms. The molecule has 0 aliphatic heterocycles. The van der Waals surface area contributed by atoms with E-state index >= 15 is 0 Å². The number of aliphatic hydroxyl groups is 2. The maximum atomic E-state index is 10.3. The monoisotopic (exact) mass is 417 g/mol. The van der Waals surface area contributed by atoms with Crippen LogP contribution in [0.15, 0.2) is 0 Å². The van der Waals surface area contributed by atoms with Crippen LogP contribution in [0.5, 0.6) is 0 Å². The van der Waals surface area contributed by atoms with E-state index in [2.05, 4.69) is 0 Å². The first-order chi connectivity index (χ1) is 10.6. The molecule has 0 heterocycles. The summed E-state index contributed by atoms with van der Waals surface area (Å²) in [5.41, 5.74) is -2.74. The van der Waals surface area contributed by atoms with Crippen LogP contribution in [0.3, 0.4) is 0 Å². The number of hydrogen-bond donors (Lipinski definition) is 5. The summed E-state index contributed by atoms with van der Waals surface area (Å²) in [5.74, 6) is -6.22. The standard InChI is InChI=1S/C7H15NO3.C6H8O7.Zn/c1-8(2,3)5-6(9)4-7(10)11;7-3(8)1-6(13,5(11)12)2-4(9)10;/h6,9H,4-5H2,1-3H3;13H,1-2H2,(H,7,8)(H,9,10)(H,11,12);. The van der Waals surface area contributed by atoms with Crippen molar-refractivity contribution in [3.8, 4) is 0 Å². The minimum absolute atomic E-state index is 0. The number of rotatable bonds is 9. The zero-order chi connectivity index (χ0) is 19.7. The molecule has 1 atom stereocenters. The fourth-order valence-corrected chi connectivity index (χ4v) is 1.60. The molecule has 1 unspecified atom stereocenters. The molecular formula is C13H23NO10Zn. The SMILES string of the molecule is C[N+](C)(C)CC(O)CC(=O)[O-].O=C(O)CC(O)(CC(=O)O)C(=O)O.[Zn]. The van der Waals surface area contributed by atoms with Gasteiger partial charge in [0.1, 0.15) is 12.6 Å². The molecule has 0 fully saturated rings. The smallest absolute Gasteiger partial charge is 0.336 e. The Morgan fingerprint density at radius 3 is 1.56 bits per heavy atom. The minimum atomic E-state index is -2.74. The second-order valence-corrected chi connectivity index (χ2v) is 6.18. The van der Waals surface area contributed by atoms with Gasteiger partial charge in [-0.3, -0.25) is 9.59 Å². The van der Waals surface area contributed by atoms with Crippen LogP contribution in [0.25, 0.3) is 0 Å². The van der Waals surface area contributed by atoms with Crippen molar-refractivity contribution in [2.24, 2.45) is 0 Å². The summed E-state index contributed by atoms with van der Waals surface area (Å²) in [5, 5.41) is 52.9. The van der Waals surface area contributed by atoms with Gasteiger partial charge in [-0.25, -0.2) is 4.79 Å². The molecule has 11 nitrogen and oxygen atoms in total. The van der Waals surface area contributed by atoms with Crippen molar-refractivity contribution >= 4 is 23.9 Å². The second kappa shape index (κ2) is 11.9. The molecule has 12 heteroatoms. The average Bonchev–Trinajstić information content (AvgIpc) is 2.22. The summed E-state index contributed by atoms with van der Waals surface area (Å²) in [6.07, 6.45) is -3.38. The summed E-state index contributed by atoms with van der Waals surface area (Å²) in [6.45, 7) is 0.425. The van der Waals surface area contributed by atoms with Gasteiger partial charge in [-0.15, -0.1) is 0 Å². The van der Waals surface area contributed by atoms with Crippen molar-refractivity contribution in [3.63, 3.8) is 0 Å². The Morgan fingerprint density at radius 2 is 1.36 bits per heavy atom. The molecule has 25 heavy (non-hydrogen) atoms. The Balaban J connectivity index is -0.000000377. The zero-order valence-corrected chi connectivity index (χ0v) is 17.3. The molecular weight excluding hydrogens is 396 g/mol. The van der Waals surface area contributed by atoms with Crippen LogP contribution in [0.2, 0.25) is 0 Å². The number of carbonyl (C=O) groups excluding carboxylic acids is 1. The Kier molecular flexibility index (Phi) is 13.4. The molecule has 0 aromatic heterocycles. The van der Waals surface area contributed by atoms with E-state index in [-0.39, 0.29) is 25.9 Å². The van der Waals surface area contributed by atoms with Crippen molar-refractivity contribution in [1.29, 1.82) is 0 Å². The van der Waals surface area contributed by atoms with Crippen LogP contribution >= 0.6 is 0 Å². The molecule has 0 aliphatic rings.